The van der Waals surface area contributed by atoms with Crippen LogP contribution >= 0.6 is 11.6 Å². The third-order valence-electron chi connectivity index (χ3n) is 3.44. The van der Waals surface area contributed by atoms with Crippen LogP contribution in [0, 0.1) is 6.92 Å². The number of oxazole rings is 1. The van der Waals surface area contributed by atoms with Gasteiger partial charge in [-0.15, -0.1) is 0 Å². The first-order valence-corrected chi connectivity index (χ1v) is 8.04. The van der Waals surface area contributed by atoms with E-state index in [0.717, 1.165) is 28.8 Å². The first kappa shape index (κ1) is 15.6. The van der Waals surface area contributed by atoms with Crippen LogP contribution in [0.3, 0.4) is 0 Å². The number of hydrogen-bond donors (Lipinski definition) is 0. The highest BCUT2D eigenvalue weighted by Gasteiger charge is 2.04. The van der Waals surface area contributed by atoms with Crippen molar-refractivity contribution in [3.05, 3.63) is 59.5 Å². The summed E-state index contributed by atoms with van der Waals surface area (Å²) in [5, 5.41) is 0. The number of rotatable bonds is 5. The molecule has 3 nitrogen and oxygen atoms in total. The van der Waals surface area contributed by atoms with E-state index < -0.39 is 0 Å². The van der Waals surface area contributed by atoms with E-state index in [4.69, 9.17) is 20.8 Å². The van der Waals surface area contributed by atoms with E-state index in [9.17, 15) is 0 Å². The van der Waals surface area contributed by atoms with Crippen molar-refractivity contribution in [1.29, 1.82) is 0 Å². The molecule has 3 rings (SSSR count). The molecule has 1 aromatic heterocycles. The smallest absolute Gasteiger partial charge is 0.220 e. The zero-order valence-corrected chi connectivity index (χ0v) is 13.9. The molecule has 0 spiro atoms. The lowest BCUT2D eigenvalue weighted by Gasteiger charge is -2.10. The zero-order valence-electron chi connectivity index (χ0n) is 13.1. The van der Waals surface area contributed by atoms with Crippen molar-refractivity contribution >= 4 is 34.9 Å². The topological polar surface area (TPSA) is 35.3 Å². The van der Waals surface area contributed by atoms with Crippen molar-refractivity contribution in [2.24, 2.45) is 0 Å². The molecule has 1 atom stereocenters. The Morgan fingerprint density at radius 2 is 1.96 bits per heavy atom. The van der Waals surface area contributed by atoms with Crippen molar-refractivity contribution < 1.29 is 9.15 Å². The lowest BCUT2D eigenvalue weighted by Crippen LogP contribution is -2.06. The molecule has 1 heterocycles. The maximum absolute atomic E-state index is 5.97. The number of aryl methyl sites for hydroxylation is 1. The van der Waals surface area contributed by atoms with Gasteiger partial charge in [0.2, 0.25) is 5.89 Å². The molecule has 0 N–H and O–H groups in total. The highest BCUT2D eigenvalue weighted by molar-refractivity contribution is 6.19. The maximum Gasteiger partial charge on any atom is 0.220 e. The zero-order chi connectivity index (χ0) is 16.2. The van der Waals surface area contributed by atoms with Crippen LogP contribution in [0.5, 0.6) is 5.75 Å². The Kier molecular flexibility index (Phi) is 4.68. The molecule has 0 radical (unpaired) electrons. The van der Waals surface area contributed by atoms with Crippen LogP contribution in [0.25, 0.3) is 23.3 Å². The Morgan fingerprint density at radius 1 is 1.17 bits per heavy atom. The monoisotopic (exact) mass is 327 g/mol. The largest absolute Gasteiger partial charge is 0.475 e. The lowest BCUT2D eigenvalue weighted by atomic mass is 10.2. The second-order valence-electron chi connectivity index (χ2n) is 5.36. The Morgan fingerprint density at radius 3 is 2.70 bits per heavy atom. The predicted molar refractivity (Wildman–Crippen MR) is 94.7 cm³/mol. The fraction of sp³-hybridized carbons (Fsp3) is 0.211. The summed E-state index contributed by atoms with van der Waals surface area (Å²) in [7, 11) is 0. The third-order valence-corrected chi connectivity index (χ3v) is 3.84. The van der Waals surface area contributed by atoms with Gasteiger partial charge in [-0.3, -0.25) is 0 Å². The third kappa shape index (κ3) is 3.93. The molecule has 0 aliphatic carbocycles. The SMILES string of the molecule is CCC(Cl)Oc1ccc(/C=C/c2nc3cc(C)ccc3o2)cc1. The number of hydrogen-bond acceptors (Lipinski definition) is 3. The van der Waals surface area contributed by atoms with Gasteiger partial charge in [-0.2, -0.15) is 0 Å². The summed E-state index contributed by atoms with van der Waals surface area (Å²) >= 11 is 5.97. The molecule has 23 heavy (non-hydrogen) atoms. The molecule has 0 amide bonds. The van der Waals surface area contributed by atoms with Gasteiger partial charge < -0.3 is 9.15 Å². The van der Waals surface area contributed by atoms with E-state index >= 15 is 0 Å². The Bertz CT molecular complexity index is 821. The number of nitrogens with zero attached hydrogens (tertiary/aromatic N) is 1. The molecule has 0 saturated carbocycles. The fourth-order valence-corrected chi connectivity index (χ4v) is 2.29. The second-order valence-corrected chi connectivity index (χ2v) is 5.85. The standard InChI is InChI=1S/C19H18ClNO2/c1-3-18(20)22-15-8-5-14(6-9-15)7-11-19-21-16-12-13(2)4-10-17(16)23-19/h4-12,18H,3H2,1-2H3/b11-7+. The number of ether oxygens (including phenoxy) is 1. The second kappa shape index (κ2) is 6.88. The first-order valence-electron chi connectivity index (χ1n) is 7.60. The summed E-state index contributed by atoms with van der Waals surface area (Å²) in [4.78, 5) is 4.46. The van der Waals surface area contributed by atoms with E-state index in [-0.39, 0.29) is 5.56 Å². The van der Waals surface area contributed by atoms with E-state index in [1.807, 2.05) is 68.5 Å². The van der Waals surface area contributed by atoms with E-state index in [0.29, 0.717) is 5.89 Å². The maximum atomic E-state index is 5.97. The number of benzene rings is 2. The molecule has 0 bridgehead atoms. The Balaban J connectivity index is 1.73. The van der Waals surface area contributed by atoms with Crippen molar-refractivity contribution in [2.45, 2.75) is 25.8 Å². The minimum Gasteiger partial charge on any atom is -0.475 e. The lowest BCUT2D eigenvalue weighted by molar-refractivity contribution is 0.277. The van der Waals surface area contributed by atoms with Crippen LogP contribution in [0.2, 0.25) is 0 Å². The van der Waals surface area contributed by atoms with Gasteiger partial charge in [0.05, 0.1) is 0 Å². The average molecular weight is 328 g/mol. The van der Waals surface area contributed by atoms with Crippen molar-refractivity contribution in [1.82, 2.24) is 4.98 Å². The molecule has 0 aliphatic rings. The normalized spacial score (nSPS) is 12.8. The van der Waals surface area contributed by atoms with E-state index in [2.05, 4.69) is 4.98 Å². The summed E-state index contributed by atoms with van der Waals surface area (Å²) in [6, 6.07) is 13.7. The molecular formula is C19H18ClNO2. The quantitative estimate of drug-likeness (QED) is 0.567. The Labute approximate surface area is 140 Å². The molecular weight excluding hydrogens is 310 g/mol. The van der Waals surface area contributed by atoms with Crippen LogP contribution in [0.1, 0.15) is 30.4 Å². The highest BCUT2D eigenvalue weighted by atomic mass is 35.5. The molecule has 0 fully saturated rings. The van der Waals surface area contributed by atoms with E-state index in [1.165, 1.54) is 5.56 Å². The summed E-state index contributed by atoms with van der Waals surface area (Å²) in [5.74, 6) is 1.36. The highest BCUT2D eigenvalue weighted by Crippen LogP contribution is 2.20. The molecule has 0 aliphatic heterocycles. The molecule has 118 valence electrons. The number of halogens is 1. The number of fused-ring (bicyclic) bond motifs is 1. The average Bonchev–Trinajstić information content (AvgIpc) is 2.96. The van der Waals surface area contributed by atoms with Crippen LogP contribution in [0.15, 0.2) is 46.9 Å². The summed E-state index contributed by atoms with van der Waals surface area (Å²) in [6.07, 6.45) is 4.58. The van der Waals surface area contributed by atoms with Crippen molar-refractivity contribution in [2.75, 3.05) is 0 Å². The van der Waals surface area contributed by atoms with Crippen LogP contribution in [0.4, 0.5) is 0 Å². The Hall–Kier alpha value is -2.26. The van der Waals surface area contributed by atoms with Gasteiger partial charge in [0.15, 0.2) is 11.1 Å². The predicted octanol–water partition coefficient (Wildman–Crippen LogP) is 5.66. The molecule has 2 aromatic carbocycles. The molecule has 4 heteroatoms. The van der Waals surface area contributed by atoms with Gasteiger partial charge in [-0.05, 0) is 54.8 Å². The molecule has 1 unspecified atom stereocenters. The van der Waals surface area contributed by atoms with Gasteiger partial charge in [0.25, 0.3) is 0 Å². The van der Waals surface area contributed by atoms with Crippen LogP contribution < -0.4 is 4.74 Å². The first-order chi connectivity index (χ1) is 11.1. The summed E-state index contributed by atoms with van der Waals surface area (Å²) < 4.78 is 11.2. The minimum absolute atomic E-state index is 0.292. The number of aromatic nitrogens is 1. The van der Waals surface area contributed by atoms with E-state index in [1.54, 1.807) is 0 Å². The van der Waals surface area contributed by atoms with Crippen molar-refractivity contribution in [3.8, 4) is 5.75 Å². The van der Waals surface area contributed by atoms with Crippen LogP contribution in [-0.4, -0.2) is 10.5 Å². The van der Waals surface area contributed by atoms with Gasteiger partial charge >= 0.3 is 0 Å². The summed E-state index contributed by atoms with van der Waals surface area (Å²) in [6.45, 7) is 4.02. The van der Waals surface area contributed by atoms with Crippen LogP contribution in [-0.2, 0) is 0 Å². The van der Waals surface area contributed by atoms with Gasteiger partial charge in [-0.1, -0.05) is 36.7 Å². The number of alkyl halides is 1. The molecule has 3 aromatic rings. The molecule has 0 saturated heterocycles. The van der Waals surface area contributed by atoms with Gasteiger partial charge in [0.1, 0.15) is 11.3 Å². The minimum atomic E-state index is -0.292. The summed E-state index contributed by atoms with van der Waals surface area (Å²) in [5.41, 5.74) is 3.59. The van der Waals surface area contributed by atoms with Crippen molar-refractivity contribution in [3.63, 3.8) is 0 Å². The fourth-order valence-electron chi connectivity index (χ4n) is 2.18. The van der Waals surface area contributed by atoms with Gasteiger partial charge in [0, 0.05) is 6.08 Å². The van der Waals surface area contributed by atoms with Gasteiger partial charge in [-0.25, -0.2) is 4.98 Å².